The number of rotatable bonds is 7. The van der Waals surface area contributed by atoms with E-state index in [-0.39, 0.29) is 43.2 Å². The first-order valence-electron chi connectivity index (χ1n) is 13.6. The van der Waals surface area contributed by atoms with Crippen molar-refractivity contribution in [3.05, 3.63) is 41.6 Å². The van der Waals surface area contributed by atoms with Crippen LogP contribution in [0.5, 0.6) is 0 Å². The first-order chi connectivity index (χ1) is 19.0. The molecule has 1 aromatic carbocycles. The van der Waals surface area contributed by atoms with Crippen LogP contribution in [0.2, 0.25) is 0 Å². The minimum Gasteiger partial charge on any atom is -0.365 e. The highest BCUT2D eigenvalue weighted by atomic mass is 19.4. The summed E-state index contributed by atoms with van der Waals surface area (Å²) < 4.78 is 41.5. The fraction of sp³-hybridized carbons (Fsp3) is 0.571. The van der Waals surface area contributed by atoms with Gasteiger partial charge in [-0.2, -0.15) is 18.2 Å². The van der Waals surface area contributed by atoms with Crippen LogP contribution in [-0.4, -0.2) is 83.1 Å². The lowest BCUT2D eigenvalue weighted by Crippen LogP contribution is -2.52. The van der Waals surface area contributed by atoms with E-state index in [0.29, 0.717) is 37.2 Å². The number of anilines is 3. The molecule has 2 aromatic rings. The molecule has 1 aliphatic heterocycles. The number of amides is 3. The second-order valence-corrected chi connectivity index (χ2v) is 10.7. The van der Waals surface area contributed by atoms with Gasteiger partial charge in [-0.15, -0.1) is 0 Å². The SMILES string of the molecule is C.CC(C)NC(=O)N[C@H]1CCCC[C@H]1Nc1nc(Nc2ccc(C(=O)N3CCN(C)CC3)cc2)ncc1C(F)(F)F. The number of urea groups is 1. The molecule has 0 unspecified atom stereocenters. The maximum Gasteiger partial charge on any atom is 0.421 e. The molecule has 1 saturated carbocycles. The van der Waals surface area contributed by atoms with Gasteiger partial charge < -0.3 is 31.1 Å². The van der Waals surface area contributed by atoms with Crippen LogP contribution in [-0.2, 0) is 6.18 Å². The number of hydrogen-bond donors (Lipinski definition) is 4. The first-order valence-corrected chi connectivity index (χ1v) is 13.6. The zero-order chi connectivity index (χ0) is 28.9. The smallest absolute Gasteiger partial charge is 0.365 e. The van der Waals surface area contributed by atoms with E-state index in [1.165, 1.54) is 0 Å². The molecule has 2 aliphatic rings. The third kappa shape index (κ3) is 8.69. The van der Waals surface area contributed by atoms with Crippen molar-refractivity contribution in [2.45, 2.75) is 71.3 Å². The molecule has 41 heavy (non-hydrogen) atoms. The van der Waals surface area contributed by atoms with Gasteiger partial charge in [0.2, 0.25) is 5.95 Å². The van der Waals surface area contributed by atoms with E-state index in [1.54, 1.807) is 29.2 Å². The van der Waals surface area contributed by atoms with Crippen LogP contribution in [0.4, 0.5) is 35.4 Å². The van der Waals surface area contributed by atoms with Crippen molar-refractivity contribution >= 4 is 29.4 Å². The minimum absolute atomic E-state index is 0. The average molecular weight is 579 g/mol. The normalized spacial score (nSPS) is 19.7. The summed E-state index contributed by atoms with van der Waals surface area (Å²) in [7, 11) is 2.02. The second kappa shape index (κ2) is 13.8. The standard InChI is InChI=1S/C27H37F3N8O2.CH4/c1-17(2)32-26(40)35-22-7-5-4-6-21(22)34-23-20(27(28,29)30)16-31-25(36-23)33-19-10-8-18(9-11-19)24(39)38-14-12-37(3)13-15-38;/h8-11,16-17,21-22H,4-7,12-15H2,1-3H3,(H2,32,35,40)(H2,31,33,34,36);1H4/t21-,22+;/m1./s1. The van der Waals surface area contributed by atoms with Crippen LogP contribution < -0.4 is 21.3 Å². The van der Waals surface area contributed by atoms with Crippen molar-refractivity contribution in [1.82, 2.24) is 30.4 Å². The van der Waals surface area contributed by atoms with Gasteiger partial charge in [0.1, 0.15) is 11.4 Å². The van der Waals surface area contributed by atoms with Crippen molar-refractivity contribution in [1.29, 1.82) is 0 Å². The van der Waals surface area contributed by atoms with Gasteiger partial charge in [0.05, 0.1) is 6.04 Å². The molecule has 0 bridgehead atoms. The molecular formula is C28H41F3N8O2. The Morgan fingerprint density at radius 2 is 1.63 bits per heavy atom. The van der Waals surface area contributed by atoms with Crippen molar-refractivity contribution < 1.29 is 22.8 Å². The summed E-state index contributed by atoms with van der Waals surface area (Å²) >= 11 is 0. The van der Waals surface area contributed by atoms with Crippen LogP contribution in [0, 0.1) is 0 Å². The molecule has 4 N–H and O–H groups in total. The molecule has 0 spiro atoms. The van der Waals surface area contributed by atoms with E-state index < -0.39 is 17.8 Å². The fourth-order valence-electron chi connectivity index (χ4n) is 4.90. The Morgan fingerprint density at radius 1 is 1.00 bits per heavy atom. The van der Waals surface area contributed by atoms with Gasteiger partial charge in [0.15, 0.2) is 0 Å². The molecule has 2 heterocycles. The largest absolute Gasteiger partial charge is 0.421 e. The van der Waals surface area contributed by atoms with E-state index in [4.69, 9.17) is 0 Å². The summed E-state index contributed by atoms with van der Waals surface area (Å²) in [4.78, 5) is 37.1. The molecular weight excluding hydrogens is 537 g/mol. The maximum atomic E-state index is 13.8. The van der Waals surface area contributed by atoms with E-state index in [2.05, 4.69) is 36.1 Å². The van der Waals surface area contributed by atoms with Gasteiger partial charge in [0.25, 0.3) is 5.91 Å². The van der Waals surface area contributed by atoms with Gasteiger partial charge >= 0.3 is 12.2 Å². The molecule has 2 atom stereocenters. The molecule has 3 amide bonds. The zero-order valence-electron chi connectivity index (χ0n) is 23.0. The third-order valence-electron chi connectivity index (χ3n) is 7.10. The Balaban J connectivity index is 0.00000462. The molecule has 1 aliphatic carbocycles. The van der Waals surface area contributed by atoms with E-state index in [0.717, 1.165) is 32.1 Å². The lowest BCUT2D eigenvalue weighted by Gasteiger charge is -2.34. The highest BCUT2D eigenvalue weighted by Gasteiger charge is 2.37. The number of alkyl halides is 3. The van der Waals surface area contributed by atoms with Crippen LogP contribution in [0.25, 0.3) is 0 Å². The summed E-state index contributed by atoms with van der Waals surface area (Å²) in [6.45, 7) is 6.61. The summed E-state index contributed by atoms with van der Waals surface area (Å²) in [5.41, 5.74) is 0.0773. The number of halogens is 3. The number of piperazine rings is 1. The average Bonchev–Trinajstić information content (AvgIpc) is 2.89. The van der Waals surface area contributed by atoms with Crippen LogP contribution in [0.15, 0.2) is 30.5 Å². The van der Waals surface area contributed by atoms with Crippen LogP contribution in [0.1, 0.15) is 62.9 Å². The van der Waals surface area contributed by atoms with Gasteiger partial charge in [0, 0.05) is 55.7 Å². The highest BCUT2D eigenvalue weighted by Crippen LogP contribution is 2.35. The monoisotopic (exact) mass is 578 g/mol. The molecule has 10 nitrogen and oxygen atoms in total. The predicted molar refractivity (Wildman–Crippen MR) is 153 cm³/mol. The quantitative estimate of drug-likeness (QED) is 0.377. The number of nitrogens with one attached hydrogen (secondary N) is 4. The maximum absolute atomic E-state index is 13.8. The Kier molecular flexibility index (Phi) is 10.8. The van der Waals surface area contributed by atoms with E-state index >= 15 is 0 Å². The van der Waals surface area contributed by atoms with Crippen molar-refractivity contribution in [3.8, 4) is 0 Å². The Hall–Kier alpha value is -3.61. The van der Waals surface area contributed by atoms with Gasteiger partial charge in [-0.1, -0.05) is 20.3 Å². The molecule has 226 valence electrons. The molecule has 1 saturated heterocycles. The number of aromatic nitrogens is 2. The Bertz CT molecular complexity index is 1170. The molecule has 13 heteroatoms. The molecule has 2 fully saturated rings. The van der Waals surface area contributed by atoms with Crippen molar-refractivity contribution in [2.75, 3.05) is 43.9 Å². The number of benzene rings is 1. The number of carbonyl (C=O) groups is 2. The third-order valence-corrected chi connectivity index (χ3v) is 7.10. The zero-order valence-corrected chi connectivity index (χ0v) is 23.0. The lowest BCUT2D eigenvalue weighted by atomic mass is 9.90. The Morgan fingerprint density at radius 3 is 2.24 bits per heavy atom. The highest BCUT2D eigenvalue weighted by molar-refractivity contribution is 5.94. The summed E-state index contributed by atoms with van der Waals surface area (Å²) in [5, 5.41) is 11.5. The van der Waals surface area contributed by atoms with Crippen molar-refractivity contribution in [2.24, 2.45) is 0 Å². The van der Waals surface area contributed by atoms with Gasteiger partial charge in [-0.05, 0) is 58.0 Å². The van der Waals surface area contributed by atoms with E-state index in [9.17, 15) is 22.8 Å². The molecule has 0 radical (unpaired) electrons. The summed E-state index contributed by atoms with van der Waals surface area (Å²) in [6, 6.07) is 5.48. The minimum atomic E-state index is -4.67. The molecule has 4 rings (SSSR count). The van der Waals surface area contributed by atoms with Crippen LogP contribution >= 0.6 is 0 Å². The van der Waals surface area contributed by atoms with Gasteiger partial charge in [-0.25, -0.2) is 9.78 Å². The number of likely N-dealkylation sites (N-methyl/N-ethyl adjacent to an activating group) is 1. The Labute approximate surface area is 239 Å². The number of nitrogens with zero attached hydrogens (tertiary/aromatic N) is 4. The lowest BCUT2D eigenvalue weighted by molar-refractivity contribution is -0.137. The summed E-state index contributed by atoms with van der Waals surface area (Å²) in [6.07, 6.45) is -1.02. The second-order valence-electron chi connectivity index (χ2n) is 10.7. The molecule has 1 aromatic heterocycles. The van der Waals surface area contributed by atoms with Gasteiger partial charge in [-0.3, -0.25) is 4.79 Å². The summed E-state index contributed by atoms with van der Waals surface area (Å²) in [5.74, 6) is -0.434. The first kappa shape index (κ1) is 31.9. The van der Waals surface area contributed by atoms with Crippen LogP contribution in [0.3, 0.4) is 0 Å². The fourth-order valence-corrected chi connectivity index (χ4v) is 4.90. The van der Waals surface area contributed by atoms with E-state index in [1.807, 2.05) is 20.9 Å². The van der Waals surface area contributed by atoms with Crippen molar-refractivity contribution in [3.63, 3.8) is 0 Å². The number of hydrogen-bond acceptors (Lipinski definition) is 7. The number of carbonyl (C=O) groups excluding carboxylic acids is 2. The topological polar surface area (TPSA) is 115 Å². The predicted octanol–water partition coefficient (Wildman–Crippen LogP) is 4.69.